The Morgan fingerprint density at radius 2 is 2.35 bits per heavy atom. The summed E-state index contributed by atoms with van der Waals surface area (Å²) in [5.74, 6) is 0.257. The Kier molecular flexibility index (Phi) is 1.99. The number of ketones is 1. The van der Waals surface area contributed by atoms with Crippen LogP contribution in [0.4, 0.5) is 0 Å². The molecule has 1 aromatic carbocycles. The minimum Gasteiger partial charge on any atom is -0.361 e. The van der Waals surface area contributed by atoms with E-state index in [1.54, 1.807) is 0 Å². The van der Waals surface area contributed by atoms with Gasteiger partial charge in [-0.25, -0.2) is 0 Å². The zero-order valence-electron chi connectivity index (χ0n) is 11.2. The number of nitrogens with one attached hydrogen (secondary N) is 1. The highest BCUT2D eigenvalue weighted by Crippen LogP contribution is 2.67. The Balaban J connectivity index is 1.96. The van der Waals surface area contributed by atoms with Gasteiger partial charge in [-0.1, -0.05) is 24.2 Å². The van der Waals surface area contributed by atoms with Gasteiger partial charge in [0.2, 0.25) is 0 Å². The summed E-state index contributed by atoms with van der Waals surface area (Å²) in [5.41, 5.74) is 11.2. The number of azide groups is 1. The number of benzene rings is 1. The molecule has 5 heteroatoms. The zero-order valence-corrected chi connectivity index (χ0v) is 11.2. The van der Waals surface area contributed by atoms with Crippen LogP contribution < -0.4 is 0 Å². The molecule has 1 spiro atoms. The van der Waals surface area contributed by atoms with E-state index in [0.717, 1.165) is 23.1 Å². The molecule has 2 aliphatic carbocycles. The van der Waals surface area contributed by atoms with Crippen molar-refractivity contribution in [2.75, 3.05) is 6.54 Å². The maximum Gasteiger partial charge on any atom is 0.148 e. The SMILES string of the molecule is C[C@@]1(CN=[N+]=[N-])C[C@]12C(=O)Cc1c[nH]c3cccc2c13. The summed E-state index contributed by atoms with van der Waals surface area (Å²) in [4.78, 5) is 18.8. The zero-order chi connectivity index (χ0) is 14.0. The summed E-state index contributed by atoms with van der Waals surface area (Å²) in [6.07, 6.45) is 3.19. The van der Waals surface area contributed by atoms with E-state index in [2.05, 4.69) is 28.0 Å². The van der Waals surface area contributed by atoms with Gasteiger partial charge in [-0.2, -0.15) is 0 Å². The number of H-pyrrole nitrogens is 1. The largest absolute Gasteiger partial charge is 0.361 e. The number of hydrogen-bond donors (Lipinski definition) is 1. The number of rotatable bonds is 2. The molecule has 0 amide bonds. The van der Waals surface area contributed by atoms with Crippen LogP contribution in [-0.4, -0.2) is 17.3 Å². The van der Waals surface area contributed by atoms with E-state index in [9.17, 15) is 4.79 Å². The third kappa shape index (κ3) is 1.14. The molecule has 4 rings (SSSR count). The van der Waals surface area contributed by atoms with Crippen LogP contribution in [0, 0.1) is 5.41 Å². The van der Waals surface area contributed by atoms with E-state index in [4.69, 9.17) is 5.53 Å². The van der Waals surface area contributed by atoms with Gasteiger partial charge in [-0.15, -0.1) is 0 Å². The first kappa shape index (κ1) is 11.6. The molecule has 1 fully saturated rings. The van der Waals surface area contributed by atoms with E-state index < -0.39 is 5.41 Å². The van der Waals surface area contributed by atoms with E-state index in [0.29, 0.717) is 13.0 Å². The molecule has 0 bridgehead atoms. The molecule has 1 saturated carbocycles. The van der Waals surface area contributed by atoms with E-state index in [1.165, 1.54) is 5.39 Å². The van der Waals surface area contributed by atoms with Crippen LogP contribution >= 0.6 is 0 Å². The second-order valence-corrected chi connectivity index (χ2v) is 6.17. The number of Topliss-reactive ketones (excluding diaryl/α,β-unsaturated/α-hetero) is 1. The van der Waals surface area contributed by atoms with Crippen LogP contribution in [0.5, 0.6) is 0 Å². The molecule has 2 aliphatic rings. The maximum absolute atomic E-state index is 12.7. The summed E-state index contributed by atoms with van der Waals surface area (Å²) in [6, 6.07) is 6.08. The first-order valence-corrected chi connectivity index (χ1v) is 6.76. The monoisotopic (exact) mass is 266 g/mol. The van der Waals surface area contributed by atoms with Crippen molar-refractivity contribution in [3.05, 3.63) is 46.0 Å². The highest BCUT2D eigenvalue weighted by atomic mass is 16.1. The molecule has 0 aliphatic heterocycles. The maximum atomic E-state index is 12.7. The van der Waals surface area contributed by atoms with E-state index in [1.807, 2.05) is 18.3 Å². The number of hydrogen-bond acceptors (Lipinski definition) is 2. The van der Waals surface area contributed by atoms with Gasteiger partial charge in [0.1, 0.15) is 5.78 Å². The summed E-state index contributed by atoms with van der Waals surface area (Å²) in [5, 5.41) is 4.91. The minimum absolute atomic E-state index is 0.237. The highest BCUT2D eigenvalue weighted by Gasteiger charge is 2.69. The molecule has 0 radical (unpaired) electrons. The highest BCUT2D eigenvalue weighted by molar-refractivity contribution is 6.07. The second-order valence-electron chi connectivity index (χ2n) is 6.17. The smallest absolute Gasteiger partial charge is 0.148 e. The third-order valence-corrected chi connectivity index (χ3v) is 5.12. The minimum atomic E-state index is -0.449. The van der Waals surface area contributed by atoms with Crippen LogP contribution in [0.25, 0.3) is 21.3 Å². The van der Waals surface area contributed by atoms with Gasteiger partial charge in [0.25, 0.3) is 0 Å². The molecule has 5 nitrogen and oxygen atoms in total. The van der Waals surface area contributed by atoms with Gasteiger partial charge in [-0.05, 0) is 34.6 Å². The molecule has 1 N–H and O–H groups in total. The van der Waals surface area contributed by atoms with Gasteiger partial charge in [0, 0.05) is 35.0 Å². The normalized spacial score (nSPS) is 30.6. The van der Waals surface area contributed by atoms with Crippen LogP contribution in [-0.2, 0) is 16.6 Å². The van der Waals surface area contributed by atoms with Crippen molar-refractivity contribution in [2.24, 2.45) is 10.5 Å². The molecule has 1 aromatic heterocycles. The number of aromatic nitrogens is 1. The quantitative estimate of drug-likeness (QED) is 0.505. The molecule has 20 heavy (non-hydrogen) atoms. The average molecular weight is 266 g/mol. The Morgan fingerprint density at radius 1 is 1.50 bits per heavy atom. The van der Waals surface area contributed by atoms with Gasteiger partial charge in [0.05, 0.1) is 5.41 Å². The Bertz CT molecular complexity index is 801. The average Bonchev–Trinajstić information content (AvgIpc) is 2.85. The Morgan fingerprint density at radius 3 is 3.15 bits per heavy atom. The third-order valence-electron chi connectivity index (χ3n) is 5.12. The first-order chi connectivity index (χ1) is 9.62. The molecule has 2 aromatic rings. The summed E-state index contributed by atoms with van der Waals surface area (Å²) < 4.78 is 0. The molecule has 0 unspecified atom stereocenters. The molecule has 100 valence electrons. The molecule has 2 atom stereocenters. The van der Waals surface area contributed by atoms with Crippen LogP contribution in [0.15, 0.2) is 29.5 Å². The lowest BCUT2D eigenvalue weighted by atomic mass is 9.75. The fourth-order valence-corrected chi connectivity index (χ4v) is 4.00. The van der Waals surface area contributed by atoms with Crippen molar-refractivity contribution in [1.82, 2.24) is 4.98 Å². The number of carbonyl (C=O) groups is 1. The lowest BCUT2D eigenvalue weighted by Crippen LogP contribution is -2.32. The fourth-order valence-electron chi connectivity index (χ4n) is 4.00. The molecule has 0 saturated heterocycles. The first-order valence-electron chi connectivity index (χ1n) is 6.76. The molecule has 1 heterocycles. The molecular formula is C15H14N4O. The van der Waals surface area contributed by atoms with Crippen LogP contribution in [0.2, 0.25) is 0 Å². The predicted molar refractivity (Wildman–Crippen MR) is 75.4 cm³/mol. The number of fused-ring (bicyclic) bond motifs is 1. The van der Waals surface area contributed by atoms with Crippen molar-refractivity contribution in [3.8, 4) is 0 Å². The van der Waals surface area contributed by atoms with Gasteiger partial charge in [0.15, 0.2) is 0 Å². The summed E-state index contributed by atoms with van der Waals surface area (Å²) >= 11 is 0. The lowest BCUT2D eigenvalue weighted by molar-refractivity contribution is -0.121. The standard InChI is InChI=1S/C15H14N4O/c1-14(8-18-19-16)7-15(14)10-3-2-4-11-13(10)9(6-17-11)5-12(15)20/h2-4,6,17H,5,7-8H2,1H3/t14-,15-/m0/s1. The summed E-state index contributed by atoms with van der Waals surface area (Å²) in [6.45, 7) is 2.43. The second kappa shape index (κ2) is 3.44. The van der Waals surface area contributed by atoms with Gasteiger partial charge >= 0.3 is 0 Å². The number of aromatic amines is 1. The van der Waals surface area contributed by atoms with Gasteiger partial charge < -0.3 is 4.98 Å². The topological polar surface area (TPSA) is 81.6 Å². The Labute approximate surface area is 115 Å². The fraction of sp³-hybridized carbons (Fsp3) is 0.400. The van der Waals surface area contributed by atoms with Crippen molar-refractivity contribution < 1.29 is 4.79 Å². The van der Waals surface area contributed by atoms with Gasteiger partial charge in [-0.3, -0.25) is 4.79 Å². The number of carbonyl (C=O) groups excluding carboxylic acids is 1. The number of nitrogens with zero attached hydrogens (tertiary/aromatic N) is 3. The Hall–Kier alpha value is -2.26. The summed E-state index contributed by atoms with van der Waals surface area (Å²) in [7, 11) is 0. The van der Waals surface area contributed by atoms with Crippen molar-refractivity contribution in [3.63, 3.8) is 0 Å². The van der Waals surface area contributed by atoms with E-state index >= 15 is 0 Å². The van der Waals surface area contributed by atoms with Crippen molar-refractivity contribution in [1.29, 1.82) is 0 Å². The van der Waals surface area contributed by atoms with E-state index in [-0.39, 0.29) is 11.2 Å². The van der Waals surface area contributed by atoms with Crippen molar-refractivity contribution >= 4 is 16.7 Å². The van der Waals surface area contributed by atoms with Crippen molar-refractivity contribution in [2.45, 2.75) is 25.2 Å². The molecular weight excluding hydrogens is 252 g/mol. The predicted octanol–water partition coefficient (Wildman–Crippen LogP) is 3.25. The van der Waals surface area contributed by atoms with Crippen LogP contribution in [0.1, 0.15) is 24.5 Å². The van der Waals surface area contributed by atoms with Crippen LogP contribution in [0.3, 0.4) is 0 Å². The lowest BCUT2D eigenvalue weighted by Gasteiger charge is -2.26.